The number of aromatic nitrogens is 6. The maximum atomic E-state index is 4.70. The van der Waals surface area contributed by atoms with Crippen molar-refractivity contribution in [1.29, 1.82) is 0 Å². The topological polar surface area (TPSA) is 80.9 Å². The van der Waals surface area contributed by atoms with E-state index in [9.17, 15) is 0 Å². The fourth-order valence-electron chi connectivity index (χ4n) is 2.31. The van der Waals surface area contributed by atoms with Crippen LogP contribution in [0.15, 0.2) is 41.8 Å². The van der Waals surface area contributed by atoms with Gasteiger partial charge in [0.25, 0.3) is 0 Å². The first-order valence-corrected chi connectivity index (χ1v) is 8.47. The van der Waals surface area contributed by atoms with E-state index in [1.54, 1.807) is 11.3 Å². The number of aryl methyl sites for hydroxylation is 1. The second-order valence-corrected chi connectivity index (χ2v) is 6.29. The predicted molar refractivity (Wildman–Crippen MR) is 93.1 cm³/mol. The summed E-state index contributed by atoms with van der Waals surface area (Å²) in [5.41, 5.74) is 4.12. The van der Waals surface area contributed by atoms with E-state index in [-0.39, 0.29) is 0 Å². The Morgan fingerprint density at radius 3 is 2.88 bits per heavy atom. The quantitative estimate of drug-likeness (QED) is 0.603. The molecule has 0 saturated carbocycles. The van der Waals surface area contributed by atoms with Gasteiger partial charge in [-0.1, -0.05) is 29.8 Å². The monoisotopic (exact) mass is 337 g/mol. The van der Waals surface area contributed by atoms with Gasteiger partial charge in [-0.05, 0) is 29.5 Å². The molecule has 7 nitrogen and oxygen atoms in total. The van der Waals surface area contributed by atoms with Gasteiger partial charge in [0.2, 0.25) is 0 Å². The van der Waals surface area contributed by atoms with Crippen LogP contribution < -0.4 is 5.32 Å². The minimum Gasteiger partial charge on any atom is -0.368 e. The van der Waals surface area contributed by atoms with E-state index in [4.69, 9.17) is 4.98 Å². The Bertz CT molecular complexity index is 958. The summed E-state index contributed by atoms with van der Waals surface area (Å²) >= 11 is 1.67. The Morgan fingerprint density at radius 2 is 2.00 bits per heavy atom. The molecule has 0 aliphatic carbocycles. The smallest absolute Gasteiger partial charge is 0.200 e. The SMILES string of the molecule is Cc1ccc(-c2nc(CCNc3ccc4nnnn4n3)cs2)cc1. The molecule has 0 spiro atoms. The summed E-state index contributed by atoms with van der Waals surface area (Å²) in [6.45, 7) is 2.83. The van der Waals surface area contributed by atoms with Crippen molar-refractivity contribution in [1.82, 2.24) is 30.2 Å². The summed E-state index contributed by atoms with van der Waals surface area (Å²) in [6.07, 6.45) is 0.831. The van der Waals surface area contributed by atoms with Crippen molar-refractivity contribution in [2.24, 2.45) is 0 Å². The van der Waals surface area contributed by atoms with Crippen LogP contribution in [-0.4, -0.2) is 36.8 Å². The number of tetrazole rings is 1. The number of nitrogens with zero attached hydrogens (tertiary/aromatic N) is 6. The molecule has 0 amide bonds. The minimum atomic E-state index is 0.628. The summed E-state index contributed by atoms with van der Waals surface area (Å²) in [6, 6.07) is 12.1. The van der Waals surface area contributed by atoms with Crippen molar-refractivity contribution in [3.8, 4) is 10.6 Å². The van der Waals surface area contributed by atoms with E-state index in [0.717, 1.165) is 35.0 Å². The van der Waals surface area contributed by atoms with Crippen LogP contribution in [0, 0.1) is 6.92 Å². The lowest BCUT2D eigenvalue weighted by atomic mass is 10.2. The van der Waals surface area contributed by atoms with Crippen LogP contribution in [0.4, 0.5) is 5.82 Å². The van der Waals surface area contributed by atoms with Crippen LogP contribution in [0.2, 0.25) is 0 Å². The molecule has 120 valence electrons. The molecule has 4 rings (SSSR count). The second-order valence-electron chi connectivity index (χ2n) is 5.43. The molecule has 0 unspecified atom stereocenters. The molecule has 4 aromatic rings. The molecule has 24 heavy (non-hydrogen) atoms. The van der Waals surface area contributed by atoms with Gasteiger partial charge in [0.1, 0.15) is 10.8 Å². The molecule has 0 atom stereocenters. The van der Waals surface area contributed by atoms with Crippen molar-refractivity contribution in [3.63, 3.8) is 0 Å². The molecule has 3 aromatic heterocycles. The third-order valence-electron chi connectivity index (χ3n) is 3.61. The van der Waals surface area contributed by atoms with Crippen LogP contribution in [0.5, 0.6) is 0 Å². The standard InChI is InChI=1S/C16H15N7S/c1-11-2-4-12(5-3-11)16-18-13(10-24-16)8-9-17-14-6-7-15-19-21-22-23(15)20-14/h2-7,10H,8-9H2,1H3,(H,17,20). The van der Waals surface area contributed by atoms with Gasteiger partial charge in [-0.15, -0.1) is 26.2 Å². The van der Waals surface area contributed by atoms with E-state index < -0.39 is 0 Å². The Labute approximate surface area is 142 Å². The number of rotatable bonds is 5. The first-order chi connectivity index (χ1) is 11.8. The molecular formula is C16H15N7S. The van der Waals surface area contributed by atoms with Gasteiger partial charge in [-0.3, -0.25) is 0 Å². The second kappa shape index (κ2) is 6.32. The van der Waals surface area contributed by atoms with Crippen molar-refractivity contribution in [3.05, 3.63) is 53.0 Å². The average Bonchev–Trinajstić information content (AvgIpc) is 3.24. The third kappa shape index (κ3) is 3.09. The average molecular weight is 337 g/mol. The van der Waals surface area contributed by atoms with E-state index >= 15 is 0 Å². The number of fused-ring (bicyclic) bond motifs is 1. The predicted octanol–water partition coefficient (Wildman–Crippen LogP) is 2.61. The Morgan fingerprint density at radius 1 is 1.12 bits per heavy atom. The third-order valence-corrected chi connectivity index (χ3v) is 4.55. The van der Waals surface area contributed by atoms with E-state index in [1.165, 1.54) is 10.2 Å². The van der Waals surface area contributed by atoms with Gasteiger partial charge in [-0.25, -0.2) is 4.98 Å². The van der Waals surface area contributed by atoms with Crippen molar-refractivity contribution in [2.75, 3.05) is 11.9 Å². The number of hydrogen-bond acceptors (Lipinski definition) is 7. The zero-order valence-electron chi connectivity index (χ0n) is 13.0. The Balaban J connectivity index is 1.38. The zero-order valence-corrected chi connectivity index (χ0v) is 13.9. The highest BCUT2D eigenvalue weighted by atomic mass is 32.1. The summed E-state index contributed by atoms with van der Waals surface area (Å²) < 4.78 is 1.40. The number of thiazole rings is 1. The Kier molecular flexibility index (Phi) is 3.87. The molecule has 0 aliphatic rings. The van der Waals surface area contributed by atoms with Crippen molar-refractivity contribution < 1.29 is 0 Å². The van der Waals surface area contributed by atoms with E-state index in [2.05, 4.69) is 62.5 Å². The highest BCUT2D eigenvalue weighted by Crippen LogP contribution is 2.24. The lowest BCUT2D eigenvalue weighted by Gasteiger charge is -2.03. The largest absolute Gasteiger partial charge is 0.368 e. The van der Waals surface area contributed by atoms with Gasteiger partial charge < -0.3 is 5.32 Å². The molecule has 8 heteroatoms. The first kappa shape index (κ1) is 14.7. The summed E-state index contributed by atoms with van der Waals surface area (Å²) in [7, 11) is 0. The van der Waals surface area contributed by atoms with E-state index in [0.29, 0.717) is 5.65 Å². The highest BCUT2D eigenvalue weighted by Gasteiger charge is 2.05. The molecule has 3 heterocycles. The maximum Gasteiger partial charge on any atom is 0.200 e. The first-order valence-electron chi connectivity index (χ1n) is 7.59. The highest BCUT2D eigenvalue weighted by molar-refractivity contribution is 7.13. The summed E-state index contributed by atoms with van der Waals surface area (Å²) in [5.74, 6) is 0.740. The summed E-state index contributed by atoms with van der Waals surface area (Å²) in [5, 5.41) is 21.9. The summed E-state index contributed by atoms with van der Waals surface area (Å²) in [4.78, 5) is 4.70. The van der Waals surface area contributed by atoms with Gasteiger partial charge in [0, 0.05) is 23.9 Å². The van der Waals surface area contributed by atoms with E-state index in [1.807, 2.05) is 12.1 Å². The van der Waals surface area contributed by atoms with Crippen LogP contribution in [0.25, 0.3) is 16.2 Å². The number of nitrogens with one attached hydrogen (secondary N) is 1. The number of hydrogen-bond donors (Lipinski definition) is 1. The molecule has 0 saturated heterocycles. The molecule has 0 bridgehead atoms. The van der Waals surface area contributed by atoms with Crippen LogP contribution >= 0.6 is 11.3 Å². The van der Waals surface area contributed by atoms with Crippen LogP contribution in [0.3, 0.4) is 0 Å². The molecule has 0 radical (unpaired) electrons. The zero-order chi connectivity index (χ0) is 16.4. The maximum absolute atomic E-state index is 4.70. The Hall–Kier alpha value is -2.87. The van der Waals surface area contributed by atoms with Gasteiger partial charge in [0.05, 0.1) is 5.69 Å². The molecule has 1 N–H and O–H groups in total. The fourth-order valence-corrected chi connectivity index (χ4v) is 3.17. The lowest BCUT2D eigenvalue weighted by molar-refractivity contribution is 0.733. The lowest BCUT2D eigenvalue weighted by Crippen LogP contribution is -2.08. The van der Waals surface area contributed by atoms with Crippen molar-refractivity contribution >= 4 is 22.8 Å². The van der Waals surface area contributed by atoms with Crippen LogP contribution in [0.1, 0.15) is 11.3 Å². The van der Waals surface area contributed by atoms with Crippen molar-refractivity contribution in [2.45, 2.75) is 13.3 Å². The molecule has 0 fully saturated rings. The van der Waals surface area contributed by atoms with Gasteiger partial charge in [0.15, 0.2) is 5.65 Å². The molecule has 0 aliphatic heterocycles. The fraction of sp³-hybridized carbons (Fsp3) is 0.188. The number of anilines is 1. The van der Waals surface area contributed by atoms with Gasteiger partial charge in [-0.2, -0.15) is 0 Å². The minimum absolute atomic E-state index is 0.628. The normalized spacial score (nSPS) is 11.0. The van der Waals surface area contributed by atoms with Crippen LogP contribution in [-0.2, 0) is 6.42 Å². The van der Waals surface area contributed by atoms with Gasteiger partial charge >= 0.3 is 0 Å². The molecular weight excluding hydrogens is 322 g/mol. The molecule has 1 aromatic carbocycles. The number of benzene rings is 1.